The van der Waals surface area contributed by atoms with Gasteiger partial charge in [-0.25, -0.2) is 4.98 Å². The van der Waals surface area contributed by atoms with Gasteiger partial charge in [0.15, 0.2) is 0 Å². The molecule has 7 heteroatoms. The molecule has 0 amide bonds. The number of carbonyl (C=O) groups is 1. The highest BCUT2D eigenvalue weighted by molar-refractivity contribution is 7.18. The largest absolute Gasteiger partial charge is 0.481 e. The standard InChI is InChI=1S/C16H20N2O4S/c1-8(2)13-17-14-12(15(20)18(13)6-7-19)11-9(16(21)22)4-3-5-10(11)23-14/h8-9,19H,3-7H2,1-2H3,(H,21,22). The second kappa shape index (κ2) is 6.05. The molecule has 124 valence electrons. The number of aromatic nitrogens is 2. The van der Waals surface area contributed by atoms with Crippen molar-refractivity contribution in [3.63, 3.8) is 0 Å². The molecule has 0 aromatic carbocycles. The number of hydrogen-bond donors (Lipinski definition) is 2. The molecule has 1 unspecified atom stereocenters. The normalized spacial score (nSPS) is 17.7. The lowest BCUT2D eigenvalue weighted by molar-refractivity contribution is -0.139. The average molecular weight is 336 g/mol. The second-order valence-electron chi connectivity index (χ2n) is 6.21. The minimum Gasteiger partial charge on any atom is -0.481 e. The van der Waals surface area contributed by atoms with Gasteiger partial charge in [-0.15, -0.1) is 11.3 Å². The Morgan fingerprint density at radius 1 is 1.48 bits per heavy atom. The summed E-state index contributed by atoms with van der Waals surface area (Å²) in [6.45, 7) is 3.93. The topological polar surface area (TPSA) is 92.4 Å². The summed E-state index contributed by atoms with van der Waals surface area (Å²) in [4.78, 5) is 30.8. The molecular weight excluding hydrogens is 316 g/mol. The number of aliphatic hydroxyl groups excluding tert-OH is 1. The van der Waals surface area contributed by atoms with E-state index >= 15 is 0 Å². The lowest BCUT2D eigenvalue weighted by Crippen LogP contribution is -2.28. The van der Waals surface area contributed by atoms with Gasteiger partial charge in [0.2, 0.25) is 0 Å². The van der Waals surface area contributed by atoms with Crippen LogP contribution in [0.5, 0.6) is 0 Å². The molecular formula is C16H20N2O4S. The number of carboxylic acids is 1. The molecule has 0 bridgehead atoms. The molecule has 0 fully saturated rings. The second-order valence-corrected chi connectivity index (χ2v) is 7.29. The van der Waals surface area contributed by atoms with E-state index in [1.807, 2.05) is 13.8 Å². The Morgan fingerprint density at radius 3 is 2.83 bits per heavy atom. The van der Waals surface area contributed by atoms with Crippen LogP contribution in [0.3, 0.4) is 0 Å². The van der Waals surface area contributed by atoms with Crippen molar-refractivity contribution in [2.45, 2.75) is 51.5 Å². The van der Waals surface area contributed by atoms with Crippen molar-refractivity contribution < 1.29 is 15.0 Å². The van der Waals surface area contributed by atoms with Crippen molar-refractivity contribution in [1.29, 1.82) is 0 Å². The molecule has 2 aromatic rings. The predicted octanol–water partition coefficient (Wildman–Crippen LogP) is 2.08. The van der Waals surface area contributed by atoms with Crippen molar-refractivity contribution in [2.75, 3.05) is 6.61 Å². The third-order valence-corrected chi connectivity index (χ3v) is 5.50. The van der Waals surface area contributed by atoms with Crippen molar-refractivity contribution in [3.8, 4) is 0 Å². The summed E-state index contributed by atoms with van der Waals surface area (Å²) in [5, 5.41) is 19.2. The Bertz CT molecular complexity index is 822. The Hall–Kier alpha value is -1.73. The number of hydrogen-bond acceptors (Lipinski definition) is 5. The fourth-order valence-corrected chi connectivity index (χ4v) is 4.61. The highest BCUT2D eigenvalue weighted by atomic mass is 32.1. The Morgan fingerprint density at radius 2 is 2.22 bits per heavy atom. The molecule has 2 heterocycles. The van der Waals surface area contributed by atoms with E-state index in [2.05, 4.69) is 4.98 Å². The summed E-state index contributed by atoms with van der Waals surface area (Å²) in [6, 6.07) is 0. The van der Waals surface area contributed by atoms with Crippen LogP contribution in [0.25, 0.3) is 10.2 Å². The van der Waals surface area contributed by atoms with Crippen LogP contribution < -0.4 is 5.56 Å². The molecule has 6 nitrogen and oxygen atoms in total. The number of thiophene rings is 1. The maximum atomic E-state index is 13.0. The molecule has 0 spiro atoms. The van der Waals surface area contributed by atoms with Crippen LogP contribution in [0, 0.1) is 0 Å². The number of fused-ring (bicyclic) bond motifs is 3. The van der Waals surface area contributed by atoms with E-state index in [0.717, 1.165) is 17.7 Å². The molecule has 1 aliphatic carbocycles. The lowest BCUT2D eigenvalue weighted by Gasteiger charge is -2.19. The van der Waals surface area contributed by atoms with Crippen molar-refractivity contribution >= 4 is 27.5 Å². The number of nitrogens with zero attached hydrogens (tertiary/aromatic N) is 2. The quantitative estimate of drug-likeness (QED) is 0.892. The first-order valence-corrected chi connectivity index (χ1v) is 8.67. The summed E-state index contributed by atoms with van der Waals surface area (Å²) in [7, 11) is 0. The summed E-state index contributed by atoms with van der Waals surface area (Å²) in [5.41, 5.74) is 0.432. The number of rotatable bonds is 4. The van der Waals surface area contributed by atoms with E-state index in [1.54, 1.807) is 0 Å². The molecule has 23 heavy (non-hydrogen) atoms. The summed E-state index contributed by atoms with van der Waals surface area (Å²) >= 11 is 1.44. The third kappa shape index (κ3) is 2.57. The minimum atomic E-state index is -0.883. The van der Waals surface area contributed by atoms with E-state index in [4.69, 9.17) is 0 Å². The van der Waals surface area contributed by atoms with Gasteiger partial charge in [-0.1, -0.05) is 13.8 Å². The predicted molar refractivity (Wildman–Crippen MR) is 88.4 cm³/mol. The lowest BCUT2D eigenvalue weighted by atomic mass is 9.86. The van der Waals surface area contributed by atoms with Gasteiger partial charge >= 0.3 is 5.97 Å². The van der Waals surface area contributed by atoms with Gasteiger partial charge in [-0.3, -0.25) is 14.2 Å². The average Bonchev–Trinajstić information content (AvgIpc) is 2.88. The van der Waals surface area contributed by atoms with E-state index < -0.39 is 11.9 Å². The maximum absolute atomic E-state index is 13.0. The molecule has 2 aromatic heterocycles. The molecule has 2 N–H and O–H groups in total. The number of aryl methyl sites for hydroxylation is 1. The van der Waals surface area contributed by atoms with Gasteiger partial charge in [0, 0.05) is 10.8 Å². The molecule has 1 aliphatic rings. The zero-order valence-corrected chi connectivity index (χ0v) is 14.0. The highest BCUT2D eigenvalue weighted by Gasteiger charge is 2.32. The van der Waals surface area contributed by atoms with Crippen LogP contribution in [-0.2, 0) is 17.8 Å². The van der Waals surface area contributed by atoms with Gasteiger partial charge in [-0.2, -0.15) is 0 Å². The fourth-order valence-electron chi connectivity index (χ4n) is 3.34. The van der Waals surface area contributed by atoms with Crippen LogP contribution in [0.15, 0.2) is 4.79 Å². The van der Waals surface area contributed by atoms with E-state index in [1.165, 1.54) is 15.9 Å². The van der Waals surface area contributed by atoms with Gasteiger partial charge in [0.25, 0.3) is 5.56 Å². The Balaban J connectivity index is 2.35. The van der Waals surface area contributed by atoms with Gasteiger partial charge < -0.3 is 10.2 Å². The van der Waals surface area contributed by atoms with Crippen molar-refractivity contribution in [3.05, 3.63) is 26.6 Å². The SMILES string of the molecule is CC(C)c1nc2sc3c(c2c(=O)n1CCO)C(C(=O)O)CCC3. The van der Waals surface area contributed by atoms with E-state index in [0.29, 0.717) is 28.0 Å². The molecule has 3 rings (SSSR count). The first kappa shape index (κ1) is 16.1. The number of aliphatic hydroxyl groups is 1. The summed E-state index contributed by atoms with van der Waals surface area (Å²) < 4.78 is 1.49. The van der Waals surface area contributed by atoms with Gasteiger partial charge in [0.1, 0.15) is 10.7 Å². The molecule has 1 atom stereocenters. The summed E-state index contributed by atoms with van der Waals surface area (Å²) in [6.07, 6.45) is 2.18. The Kier molecular flexibility index (Phi) is 4.25. The highest BCUT2D eigenvalue weighted by Crippen LogP contribution is 2.40. The fraction of sp³-hybridized carbons (Fsp3) is 0.562. The van der Waals surface area contributed by atoms with Crippen LogP contribution in [0.1, 0.15) is 54.8 Å². The molecule has 0 radical (unpaired) electrons. The van der Waals surface area contributed by atoms with Crippen LogP contribution in [0.2, 0.25) is 0 Å². The van der Waals surface area contributed by atoms with Gasteiger partial charge in [-0.05, 0) is 24.8 Å². The molecule has 0 saturated heterocycles. The van der Waals surface area contributed by atoms with Crippen LogP contribution in [-0.4, -0.2) is 32.3 Å². The molecule has 0 saturated carbocycles. The van der Waals surface area contributed by atoms with Crippen molar-refractivity contribution in [1.82, 2.24) is 9.55 Å². The first-order chi connectivity index (χ1) is 11.0. The summed E-state index contributed by atoms with van der Waals surface area (Å²) in [5.74, 6) is -0.823. The van der Waals surface area contributed by atoms with E-state index in [-0.39, 0.29) is 24.6 Å². The first-order valence-electron chi connectivity index (χ1n) is 7.85. The van der Waals surface area contributed by atoms with Gasteiger partial charge in [0.05, 0.1) is 24.5 Å². The molecule has 0 aliphatic heterocycles. The monoisotopic (exact) mass is 336 g/mol. The van der Waals surface area contributed by atoms with E-state index in [9.17, 15) is 19.8 Å². The minimum absolute atomic E-state index is 0.0491. The number of aliphatic carboxylic acids is 1. The zero-order valence-electron chi connectivity index (χ0n) is 13.2. The maximum Gasteiger partial charge on any atom is 0.311 e. The third-order valence-electron chi connectivity index (χ3n) is 4.34. The van der Waals surface area contributed by atoms with Crippen molar-refractivity contribution in [2.24, 2.45) is 0 Å². The van der Waals surface area contributed by atoms with Crippen LogP contribution in [0.4, 0.5) is 0 Å². The van der Waals surface area contributed by atoms with Crippen LogP contribution >= 0.6 is 11.3 Å². The Labute approximate surface area is 137 Å². The zero-order chi connectivity index (χ0) is 16.7. The smallest absolute Gasteiger partial charge is 0.311 e. The number of carboxylic acid groups (broad SMARTS) is 1.